The number of furan rings is 1. The highest BCUT2D eigenvalue weighted by atomic mass is 16.5. The molecule has 2 unspecified atom stereocenters. The number of hydrogen-bond acceptors (Lipinski definition) is 3. The van der Waals surface area contributed by atoms with E-state index in [-0.39, 0.29) is 12.1 Å². The number of hydrogen-bond donors (Lipinski definition) is 1. The second-order valence-corrected chi connectivity index (χ2v) is 5.55. The standard InChI is InChI=1S/C16H27NO2/c1-3-11-17-15(14-10-7-12-19-14)16(18-2)13-8-5-4-6-9-13/h7,10,12-13,15-17H,3-6,8-9,11H2,1-2H3. The van der Waals surface area contributed by atoms with Gasteiger partial charge in [0.05, 0.1) is 18.4 Å². The largest absolute Gasteiger partial charge is 0.468 e. The van der Waals surface area contributed by atoms with Gasteiger partial charge in [-0.3, -0.25) is 0 Å². The Bertz CT molecular complexity index is 331. The van der Waals surface area contributed by atoms with Crippen LogP contribution in [0.4, 0.5) is 0 Å². The number of rotatable bonds is 7. The Morgan fingerprint density at radius 3 is 2.74 bits per heavy atom. The van der Waals surface area contributed by atoms with Gasteiger partial charge in [0.1, 0.15) is 5.76 Å². The third-order valence-corrected chi connectivity index (χ3v) is 4.18. The molecule has 0 aromatic carbocycles. The zero-order valence-electron chi connectivity index (χ0n) is 12.2. The van der Waals surface area contributed by atoms with Gasteiger partial charge in [0.25, 0.3) is 0 Å². The van der Waals surface area contributed by atoms with Crippen molar-refractivity contribution < 1.29 is 9.15 Å². The molecule has 1 aliphatic carbocycles. The van der Waals surface area contributed by atoms with Crippen LogP contribution in [0.5, 0.6) is 0 Å². The summed E-state index contributed by atoms with van der Waals surface area (Å²) in [6.45, 7) is 3.19. The molecule has 0 saturated heterocycles. The Balaban J connectivity index is 2.09. The van der Waals surface area contributed by atoms with E-state index in [4.69, 9.17) is 9.15 Å². The minimum Gasteiger partial charge on any atom is -0.468 e. The van der Waals surface area contributed by atoms with Crippen molar-refractivity contribution in [3.05, 3.63) is 24.2 Å². The van der Waals surface area contributed by atoms with Crippen LogP contribution in [0.3, 0.4) is 0 Å². The molecule has 19 heavy (non-hydrogen) atoms. The molecule has 0 radical (unpaired) electrons. The summed E-state index contributed by atoms with van der Waals surface area (Å²) in [5.74, 6) is 1.66. The van der Waals surface area contributed by atoms with Crippen molar-refractivity contribution in [2.24, 2.45) is 5.92 Å². The van der Waals surface area contributed by atoms with Crippen molar-refractivity contribution >= 4 is 0 Å². The highest BCUT2D eigenvalue weighted by Gasteiger charge is 2.32. The summed E-state index contributed by atoms with van der Waals surface area (Å²) in [5, 5.41) is 3.60. The lowest BCUT2D eigenvalue weighted by Crippen LogP contribution is -2.39. The Hall–Kier alpha value is -0.800. The van der Waals surface area contributed by atoms with Gasteiger partial charge in [0.15, 0.2) is 0 Å². The van der Waals surface area contributed by atoms with Gasteiger partial charge in [-0.1, -0.05) is 26.2 Å². The van der Waals surface area contributed by atoms with Gasteiger partial charge < -0.3 is 14.5 Å². The van der Waals surface area contributed by atoms with Gasteiger partial charge >= 0.3 is 0 Å². The maximum atomic E-state index is 5.85. The normalized spacial score (nSPS) is 20.3. The first kappa shape index (κ1) is 14.6. The quantitative estimate of drug-likeness (QED) is 0.811. The highest BCUT2D eigenvalue weighted by molar-refractivity contribution is 5.07. The summed E-state index contributed by atoms with van der Waals surface area (Å²) in [6, 6.07) is 4.20. The van der Waals surface area contributed by atoms with E-state index in [1.807, 2.05) is 13.2 Å². The molecule has 0 aliphatic heterocycles. The predicted molar refractivity (Wildman–Crippen MR) is 77.1 cm³/mol. The minimum atomic E-state index is 0.183. The zero-order chi connectivity index (χ0) is 13.5. The molecule has 1 aromatic heterocycles. The Kier molecular flexibility index (Phi) is 5.93. The molecule has 3 heteroatoms. The molecule has 108 valence electrons. The first-order chi connectivity index (χ1) is 9.36. The van der Waals surface area contributed by atoms with Crippen molar-refractivity contribution in [3.63, 3.8) is 0 Å². The summed E-state index contributed by atoms with van der Waals surface area (Å²) >= 11 is 0. The molecule has 1 aliphatic rings. The average Bonchev–Trinajstić information content (AvgIpc) is 2.98. The topological polar surface area (TPSA) is 34.4 Å². The molecular formula is C16H27NO2. The lowest BCUT2D eigenvalue weighted by atomic mass is 9.82. The molecule has 0 amide bonds. The van der Waals surface area contributed by atoms with Crippen molar-refractivity contribution in [1.29, 1.82) is 0 Å². The summed E-state index contributed by atoms with van der Waals surface area (Å²) in [6.07, 6.45) is 9.71. The second-order valence-electron chi connectivity index (χ2n) is 5.55. The minimum absolute atomic E-state index is 0.183. The van der Waals surface area contributed by atoms with Crippen LogP contribution >= 0.6 is 0 Å². The molecule has 0 bridgehead atoms. The van der Waals surface area contributed by atoms with Crippen LogP contribution in [0, 0.1) is 5.92 Å². The smallest absolute Gasteiger partial charge is 0.123 e. The first-order valence-electron chi connectivity index (χ1n) is 7.66. The molecule has 0 spiro atoms. The van der Waals surface area contributed by atoms with Gasteiger partial charge in [-0.05, 0) is 43.9 Å². The van der Waals surface area contributed by atoms with Crippen LogP contribution in [0.15, 0.2) is 22.8 Å². The van der Waals surface area contributed by atoms with Gasteiger partial charge in [0, 0.05) is 7.11 Å². The maximum absolute atomic E-state index is 5.85. The summed E-state index contributed by atoms with van der Waals surface area (Å²) in [7, 11) is 1.84. The Morgan fingerprint density at radius 2 is 2.16 bits per heavy atom. The Morgan fingerprint density at radius 1 is 1.37 bits per heavy atom. The SMILES string of the molecule is CCCNC(c1ccco1)C(OC)C1CCCCC1. The van der Waals surface area contributed by atoms with Crippen molar-refractivity contribution in [2.45, 2.75) is 57.6 Å². The number of methoxy groups -OCH3 is 1. The predicted octanol–water partition coefficient (Wildman–Crippen LogP) is 3.92. The van der Waals surface area contributed by atoms with E-state index in [1.165, 1.54) is 32.1 Å². The van der Waals surface area contributed by atoms with Crippen LogP contribution in [0.25, 0.3) is 0 Å². The average molecular weight is 265 g/mol. The number of nitrogens with one attached hydrogen (secondary N) is 1. The van der Waals surface area contributed by atoms with E-state index >= 15 is 0 Å². The molecule has 1 N–H and O–H groups in total. The Labute approximate surface area is 116 Å². The zero-order valence-corrected chi connectivity index (χ0v) is 12.2. The van der Waals surface area contributed by atoms with Gasteiger partial charge in [-0.15, -0.1) is 0 Å². The first-order valence-corrected chi connectivity index (χ1v) is 7.66. The highest BCUT2D eigenvalue weighted by Crippen LogP contribution is 2.34. The van der Waals surface area contributed by atoms with Crippen LogP contribution in [0.1, 0.15) is 57.3 Å². The van der Waals surface area contributed by atoms with Crippen molar-refractivity contribution in [2.75, 3.05) is 13.7 Å². The van der Waals surface area contributed by atoms with Gasteiger partial charge in [0.2, 0.25) is 0 Å². The fraction of sp³-hybridized carbons (Fsp3) is 0.750. The fourth-order valence-electron chi connectivity index (χ4n) is 3.21. The van der Waals surface area contributed by atoms with E-state index in [0.29, 0.717) is 5.92 Å². The molecule has 2 atom stereocenters. The van der Waals surface area contributed by atoms with Crippen LogP contribution in [-0.4, -0.2) is 19.8 Å². The lowest BCUT2D eigenvalue weighted by molar-refractivity contribution is 0.00228. The van der Waals surface area contributed by atoms with Gasteiger partial charge in [-0.25, -0.2) is 0 Å². The second kappa shape index (κ2) is 7.71. The van der Waals surface area contributed by atoms with E-state index in [9.17, 15) is 0 Å². The molecule has 3 nitrogen and oxygen atoms in total. The van der Waals surface area contributed by atoms with Crippen molar-refractivity contribution in [3.8, 4) is 0 Å². The van der Waals surface area contributed by atoms with Crippen LogP contribution in [-0.2, 0) is 4.74 Å². The van der Waals surface area contributed by atoms with E-state index in [0.717, 1.165) is 18.7 Å². The van der Waals surface area contributed by atoms with Crippen molar-refractivity contribution in [1.82, 2.24) is 5.32 Å². The monoisotopic (exact) mass is 265 g/mol. The summed E-state index contributed by atoms with van der Waals surface area (Å²) in [4.78, 5) is 0. The van der Waals surface area contributed by atoms with E-state index < -0.39 is 0 Å². The van der Waals surface area contributed by atoms with Crippen LogP contribution in [0.2, 0.25) is 0 Å². The molecular weight excluding hydrogens is 238 g/mol. The third-order valence-electron chi connectivity index (χ3n) is 4.18. The third kappa shape index (κ3) is 3.83. The summed E-state index contributed by atoms with van der Waals surface area (Å²) < 4.78 is 11.5. The molecule has 2 rings (SSSR count). The van der Waals surface area contributed by atoms with Crippen LogP contribution < -0.4 is 5.32 Å². The molecule has 1 heterocycles. The summed E-state index contributed by atoms with van der Waals surface area (Å²) in [5.41, 5.74) is 0. The molecule has 1 saturated carbocycles. The molecule has 1 fully saturated rings. The van der Waals surface area contributed by atoms with E-state index in [1.54, 1.807) is 6.26 Å². The van der Waals surface area contributed by atoms with Gasteiger partial charge in [-0.2, -0.15) is 0 Å². The lowest BCUT2D eigenvalue weighted by Gasteiger charge is -2.34. The number of ether oxygens (including phenoxy) is 1. The molecule has 1 aromatic rings. The maximum Gasteiger partial charge on any atom is 0.123 e. The fourth-order valence-corrected chi connectivity index (χ4v) is 3.21. The van der Waals surface area contributed by atoms with E-state index in [2.05, 4.69) is 18.3 Å².